The van der Waals surface area contributed by atoms with Crippen LogP contribution in [0.15, 0.2) is 16.7 Å². The molecule has 2 nitrogen and oxygen atoms in total. The van der Waals surface area contributed by atoms with Crippen molar-refractivity contribution in [1.82, 2.24) is 0 Å². The molecule has 0 aliphatic heterocycles. The molecule has 1 heterocycles. The molecule has 1 unspecified atom stereocenters. The SMILES string of the molecule is CC#CCC(N)c1coc(C)c1. The first-order valence-electron chi connectivity index (χ1n) is 3.94. The number of nitrogens with two attached hydrogens (primary N) is 1. The van der Waals surface area contributed by atoms with Crippen molar-refractivity contribution >= 4 is 0 Å². The van der Waals surface area contributed by atoms with Crippen LogP contribution < -0.4 is 5.73 Å². The molecule has 2 N–H and O–H groups in total. The summed E-state index contributed by atoms with van der Waals surface area (Å²) in [6, 6.07) is 1.93. The molecule has 1 aromatic rings. The van der Waals surface area contributed by atoms with Crippen molar-refractivity contribution < 1.29 is 4.42 Å². The van der Waals surface area contributed by atoms with Gasteiger partial charge < -0.3 is 10.2 Å². The van der Waals surface area contributed by atoms with Gasteiger partial charge in [0.15, 0.2) is 0 Å². The number of furan rings is 1. The summed E-state index contributed by atoms with van der Waals surface area (Å²) in [5.41, 5.74) is 6.86. The van der Waals surface area contributed by atoms with E-state index in [0.29, 0.717) is 6.42 Å². The van der Waals surface area contributed by atoms with Crippen LogP contribution in [0.1, 0.15) is 30.7 Å². The molecule has 0 radical (unpaired) electrons. The van der Waals surface area contributed by atoms with Gasteiger partial charge in [0.25, 0.3) is 0 Å². The van der Waals surface area contributed by atoms with E-state index in [0.717, 1.165) is 11.3 Å². The Morgan fingerprint density at radius 2 is 2.42 bits per heavy atom. The van der Waals surface area contributed by atoms with Crippen LogP contribution in [0, 0.1) is 18.8 Å². The molecule has 0 spiro atoms. The first-order valence-corrected chi connectivity index (χ1v) is 3.94. The van der Waals surface area contributed by atoms with Crippen molar-refractivity contribution in [3.05, 3.63) is 23.7 Å². The van der Waals surface area contributed by atoms with Gasteiger partial charge >= 0.3 is 0 Å². The first-order chi connectivity index (χ1) is 5.74. The molecule has 0 amide bonds. The van der Waals surface area contributed by atoms with Crippen LogP contribution in [0.4, 0.5) is 0 Å². The third-order valence-electron chi connectivity index (χ3n) is 1.68. The summed E-state index contributed by atoms with van der Waals surface area (Å²) in [6.07, 6.45) is 2.38. The average molecular weight is 163 g/mol. The van der Waals surface area contributed by atoms with Crippen molar-refractivity contribution in [2.75, 3.05) is 0 Å². The van der Waals surface area contributed by atoms with E-state index < -0.39 is 0 Å². The highest BCUT2D eigenvalue weighted by Gasteiger charge is 2.06. The summed E-state index contributed by atoms with van der Waals surface area (Å²) in [7, 11) is 0. The highest BCUT2D eigenvalue weighted by Crippen LogP contribution is 2.15. The minimum absolute atomic E-state index is 0.0186. The molecule has 0 saturated carbocycles. The number of hydrogen-bond acceptors (Lipinski definition) is 2. The van der Waals surface area contributed by atoms with Gasteiger partial charge in [-0.25, -0.2) is 0 Å². The van der Waals surface area contributed by atoms with Gasteiger partial charge in [-0.3, -0.25) is 0 Å². The second kappa shape index (κ2) is 3.99. The highest BCUT2D eigenvalue weighted by atomic mass is 16.3. The minimum atomic E-state index is -0.0186. The van der Waals surface area contributed by atoms with Crippen LogP contribution in [0.5, 0.6) is 0 Å². The molecular weight excluding hydrogens is 150 g/mol. The quantitative estimate of drug-likeness (QED) is 0.677. The zero-order valence-corrected chi connectivity index (χ0v) is 7.42. The third-order valence-corrected chi connectivity index (χ3v) is 1.68. The van der Waals surface area contributed by atoms with Crippen molar-refractivity contribution in [3.63, 3.8) is 0 Å². The Morgan fingerprint density at radius 3 is 2.92 bits per heavy atom. The van der Waals surface area contributed by atoms with Gasteiger partial charge in [-0.1, -0.05) is 0 Å². The topological polar surface area (TPSA) is 39.2 Å². The molecular formula is C10H13NO. The van der Waals surface area contributed by atoms with E-state index in [4.69, 9.17) is 10.2 Å². The molecule has 2 heteroatoms. The summed E-state index contributed by atoms with van der Waals surface area (Å²) in [5.74, 6) is 6.65. The lowest BCUT2D eigenvalue weighted by Crippen LogP contribution is -2.07. The summed E-state index contributed by atoms with van der Waals surface area (Å²) in [4.78, 5) is 0. The Hall–Kier alpha value is -1.20. The zero-order valence-electron chi connectivity index (χ0n) is 7.42. The molecule has 0 aliphatic carbocycles. The van der Waals surface area contributed by atoms with E-state index in [1.807, 2.05) is 19.9 Å². The molecule has 0 fully saturated rings. The van der Waals surface area contributed by atoms with Crippen molar-refractivity contribution in [2.45, 2.75) is 26.3 Å². The average Bonchev–Trinajstić information content (AvgIpc) is 2.47. The molecule has 64 valence electrons. The Morgan fingerprint density at radius 1 is 1.67 bits per heavy atom. The third kappa shape index (κ3) is 2.14. The molecule has 1 rings (SSSR count). The predicted molar refractivity (Wildman–Crippen MR) is 48.4 cm³/mol. The number of aryl methyl sites for hydroxylation is 1. The summed E-state index contributed by atoms with van der Waals surface area (Å²) in [5, 5.41) is 0. The molecule has 0 aliphatic rings. The van der Waals surface area contributed by atoms with Crippen LogP contribution in [0.25, 0.3) is 0 Å². The molecule has 0 saturated heterocycles. The second-order valence-electron chi connectivity index (χ2n) is 2.73. The first kappa shape index (κ1) is 8.89. The Labute approximate surface area is 72.8 Å². The molecule has 1 atom stereocenters. The maximum atomic E-state index is 5.83. The van der Waals surface area contributed by atoms with Gasteiger partial charge in [0.05, 0.1) is 6.26 Å². The van der Waals surface area contributed by atoms with E-state index in [9.17, 15) is 0 Å². The summed E-state index contributed by atoms with van der Waals surface area (Å²) in [6.45, 7) is 3.72. The normalized spacial score (nSPS) is 11.9. The van der Waals surface area contributed by atoms with Crippen molar-refractivity contribution in [2.24, 2.45) is 5.73 Å². The number of hydrogen-bond donors (Lipinski definition) is 1. The van der Waals surface area contributed by atoms with E-state index in [2.05, 4.69) is 11.8 Å². The Bertz CT molecular complexity index is 303. The van der Waals surface area contributed by atoms with Crippen LogP contribution in [0.3, 0.4) is 0 Å². The number of rotatable bonds is 2. The van der Waals surface area contributed by atoms with E-state index in [1.165, 1.54) is 0 Å². The Balaban J connectivity index is 2.62. The van der Waals surface area contributed by atoms with Gasteiger partial charge in [0, 0.05) is 18.0 Å². The maximum Gasteiger partial charge on any atom is 0.101 e. The van der Waals surface area contributed by atoms with E-state index >= 15 is 0 Å². The molecule has 1 aromatic heterocycles. The zero-order chi connectivity index (χ0) is 8.97. The maximum absolute atomic E-state index is 5.83. The van der Waals surface area contributed by atoms with E-state index in [1.54, 1.807) is 6.26 Å². The predicted octanol–water partition coefficient (Wildman–Crippen LogP) is 2.00. The van der Waals surface area contributed by atoms with Gasteiger partial charge in [0.2, 0.25) is 0 Å². The van der Waals surface area contributed by atoms with Crippen LogP contribution >= 0.6 is 0 Å². The van der Waals surface area contributed by atoms with E-state index in [-0.39, 0.29) is 6.04 Å². The lowest BCUT2D eigenvalue weighted by atomic mass is 10.1. The lowest BCUT2D eigenvalue weighted by molar-refractivity contribution is 0.529. The fraction of sp³-hybridized carbons (Fsp3) is 0.400. The van der Waals surface area contributed by atoms with Crippen LogP contribution in [-0.2, 0) is 0 Å². The van der Waals surface area contributed by atoms with Gasteiger partial charge in [-0.15, -0.1) is 11.8 Å². The van der Waals surface area contributed by atoms with Crippen LogP contribution in [-0.4, -0.2) is 0 Å². The van der Waals surface area contributed by atoms with Crippen molar-refractivity contribution in [1.29, 1.82) is 0 Å². The van der Waals surface area contributed by atoms with Crippen LogP contribution in [0.2, 0.25) is 0 Å². The highest BCUT2D eigenvalue weighted by molar-refractivity contribution is 5.17. The smallest absolute Gasteiger partial charge is 0.101 e. The Kier molecular flexibility index (Phi) is 2.95. The standard InChI is InChI=1S/C10H13NO/c1-3-4-5-10(11)9-6-8(2)12-7-9/h6-7,10H,5,11H2,1-2H3. The largest absolute Gasteiger partial charge is 0.469 e. The molecule has 0 bridgehead atoms. The molecule has 12 heavy (non-hydrogen) atoms. The fourth-order valence-electron chi connectivity index (χ4n) is 0.988. The minimum Gasteiger partial charge on any atom is -0.469 e. The summed E-state index contributed by atoms with van der Waals surface area (Å²) < 4.78 is 5.14. The monoisotopic (exact) mass is 163 g/mol. The molecule has 0 aromatic carbocycles. The van der Waals surface area contributed by atoms with Crippen molar-refractivity contribution in [3.8, 4) is 11.8 Å². The summed E-state index contributed by atoms with van der Waals surface area (Å²) >= 11 is 0. The van der Waals surface area contributed by atoms with Gasteiger partial charge in [0.1, 0.15) is 5.76 Å². The second-order valence-corrected chi connectivity index (χ2v) is 2.73. The van der Waals surface area contributed by atoms with Gasteiger partial charge in [-0.2, -0.15) is 0 Å². The fourth-order valence-corrected chi connectivity index (χ4v) is 0.988. The lowest BCUT2D eigenvalue weighted by Gasteiger charge is -2.02. The van der Waals surface area contributed by atoms with Gasteiger partial charge in [-0.05, 0) is 19.9 Å².